The molecular weight excluding hydrogens is 260 g/mol. The van der Waals surface area contributed by atoms with E-state index in [1.54, 1.807) is 13.0 Å². The molecule has 0 spiro atoms. The van der Waals surface area contributed by atoms with Gasteiger partial charge in [0, 0.05) is 5.92 Å². The maximum atomic E-state index is 12.0. The molecule has 20 heavy (non-hydrogen) atoms. The van der Waals surface area contributed by atoms with Crippen LogP contribution in [0.15, 0.2) is 18.2 Å². The molecule has 0 fully saturated rings. The van der Waals surface area contributed by atoms with Crippen LogP contribution in [0.2, 0.25) is 0 Å². The van der Waals surface area contributed by atoms with Crippen LogP contribution in [0.4, 0.5) is 5.69 Å². The van der Waals surface area contributed by atoms with Gasteiger partial charge in [-0.1, -0.05) is 6.92 Å². The monoisotopic (exact) mass is 280 g/mol. The Balaban J connectivity index is 2.86. The number of methoxy groups -OCH3 is 1. The van der Waals surface area contributed by atoms with Crippen LogP contribution in [0.25, 0.3) is 0 Å². The molecule has 110 valence electrons. The molecule has 0 saturated heterocycles. The van der Waals surface area contributed by atoms with Crippen molar-refractivity contribution < 1.29 is 19.4 Å². The van der Waals surface area contributed by atoms with Crippen LogP contribution >= 0.6 is 0 Å². The van der Waals surface area contributed by atoms with E-state index < -0.39 is 5.97 Å². The molecule has 0 aromatic heterocycles. The Bertz CT molecular complexity index is 488. The Morgan fingerprint density at radius 3 is 2.70 bits per heavy atom. The third-order valence-corrected chi connectivity index (χ3v) is 3.00. The van der Waals surface area contributed by atoms with E-state index in [9.17, 15) is 9.59 Å². The van der Waals surface area contributed by atoms with Gasteiger partial charge in [-0.25, -0.2) is 4.79 Å². The van der Waals surface area contributed by atoms with E-state index >= 15 is 0 Å². The second kappa shape index (κ2) is 7.49. The molecule has 6 nitrogen and oxygen atoms in total. The summed E-state index contributed by atoms with van der Waals surface area (Å²) in [5.41, 5.74) is 5.67. The number of anilines is 1. The molecule has 0 radical (unpaired) electrons. The molecule has 0 aliphatic rings. The number of benzene rings is 1. The van der Waals surface area contributed by atoms with Crippen molar-refractivity contribution in [2.75, 3.05) is 19.0 Å². The first kappa shape index (κ1) is 16.0. The standard InChI is InChI=1S/C14H20N2O4/c1-9(4-3-7-15)13(17)16-12-6-5-10(20-2)8-11(12)14(18)19/h5-6,8-9H,3-4,7,15H2,1-2H3,(H,16,17)(H,18,19). The van der Waals surface area contributed by atoms with Gasteiger partial charge in [-0.05, 0) is 37.6 Å². The predicted octanol–water partition coefficient (Wildman–Crippen LogP) is 1.71. The normalized spacial score (nSPS) is 11.8. The Labute approximate surface area is 117 Å². The number of rotatable bonds is 7. The van der Waals surface area contributed by atoms with Gasteiger partial charge in [-0.3, -0.25) is 4.79 Å². The molecule has 4 N–H and O–H groups in total. The summed E-state index contributed by atoms with van der Waals surface area (Å²) in [4.78, 5) is 23.2. The van der Waals surface area contributed by atoms with Crippen molar-refractivity contribution in [3.63, 3.8) is 0 Å². The van der Waals surface area contributed by atoms with Gasteiger partial charge in [0.05, 0.1) is 18.4 Å². The number of nitrogens with two attached hydrogens (primary N) is 1. The molecule has 0 heterocycles. The van der Waals surface area contributed by atoms with Crippen molar-refractivity contribution in [2.45, 2.75) is 19.8 Å². The fraction of sp³-hybridized carbons (Fsp3) is 0.429. The number of carbonyl (C=O) groups excluding carboxylic acids is 1. The maximum absolute atomic E-state index is 12.0. The molecule has 1 atom stereocenters. The van der Waals surface area contributed by atoms with Crippen LogP contribution < -0.4 is 15.8 Å². The molecule has 0 aliphatic carbocycles. The van der Waals surface area contributed by atoms with E-state index in [1.807, 2.05) is 0 Å². The third kappa shape index (κ3) is 4.24. The lowest BCUT2D eigenvalue weighted by molar-refractivity contribution is -0.119. The number of carbonyl (C=O) groups is 2. The van der Waals surface area contributed by atoms with E-state index in [0.717, 1.165) is 6.42 Å². The summed E-state index contributed by atoms with van der Waals surface area (Å²) < 4.78 is 4.98. The van der Waals surface area contributed by atoms with Crippen molar-refractivity contribution >= 4 is 17.6 Å². The second-order valence-electron chi connectivity index (χ2n) is 4.54. The Morgan fingerprint density at radius 2 is 2.15 bits per heavy atom. The van der Waals surface area contributed by atoms with Crippen LogP contribution in [-0.2, 0) is 4.79 Å². The van der Waals surface area contributed by atoms with E-state index in [4.69, 9.17) is 15.6 Å². The van der Waals surface area contributed by atoms with E-state index in [2.05, 4.69) is 5.32 Å². The average Bonchev–Trinajstić information content (AvgIpc) is 2.44. The first-order chi connectivity index (χ1) is 9.49. The summed E-state index contributed by atoms with van der Waals surface area (Å²) in [6.07, 6.45) is 1.42. The van der Waals surface area contributed by atoms with Crippen LogP contribution in [-0.4, -0.2) is 30.6 Å². The highest BCUT2D eigenvalue weighted by Gasteiger charge is 2.17. The third-order valence-electron chi connectivity index (χ3n) is 3.00. The maximum Gasteiger partial charge on any atom is 0.337 e. The molecule has 1 unspecified atom stereocenters. The zero-order valence-corrected chi connectivity index (χ0v) is 11.7. The first-order valence-corrected chi connectivity index (χ1v) is 6.41. The van der Waals surface area contributed by atoms with Gasteiger partial charge in [-0.15, -0.1) is 0 Å². The largest absolute Gasteiger partial charge is 0.497 e. The summed E-state index contributed by atoms with van der Waals surface area (Å²) in [5.74, 6) is -1.13. The van der Waals surface area contributed by atoms with Gasteiger partial charge in [-0.2, -0.15) is 0 Å². The Kier molecular flexibility index (Phi) is 5.99. The SMILES string of the molecule is COc1ccc(NC(=O)C(C)CCCN)c(C(=O)O)c1. The highest BCUT2D eigenvalue weighted by molar-refractivity contribution is 6.01. The molecule has 0 aliphatic heterocycles. The van der Waals surface area contributed by atoms with Gasteiger partial charge in [0.1, 0.15) is 5.75 Å². The molecule has 1 aromatic rings. The minimum Gasteiger partial charge on any atom is -0.497 e. The molecule has 1 aromatic carbocycles. The number of ether oxygens (including phenoxy) is 1. The Morgan fingerprint density at radius 1 is 1.45 bits per heavy atom. The van der Waals surface area contributed by atoms with E-state index in [1.165, 1.54) is 19.2 Å². The van der Waals surface area contributed by atoms with Gasteiger partial charge in [0.15, 0.2) is 0 Å². The van der Waals surface area contributed by atoms with Crippen LogP contribution in [0, 0.1) is 5.92 Å². The minimum absolute atomic E-state index is 0.00345. The van der Waals surface area contributed by atoms with E-state index in [0.29, 0.717) is 18.7 Å². The molecule has 1 rings (SSSR count). The average molecular weight is 280 g/mol. The zero-order valence-electron chi connectivity index (χ0n) is 11.7. The Hall–Kier alpha value is -2.08. The molecule has 0 bridgehead atoms. The quantitative estimate of drug-likeness (QED) is 0.705. The van der Waals surface area contributed by atoms with Crippen LogP contribution in [0.1, 0.15) is 30.1 Å². The number of nitrogens with one attached hydrogen (secondary N) is 1. The molecule has 6 heteroatoms. The lowest BCUT2D eigenvalue weighted by Gasteiger charge is -2.14. The van der Waals surface area contributed by atoms with Crippen molar-refractivity contribution in [3.8, 4) is 5.75 Å². The second-order valence-corrected chi connectivity index (χ2v) is 4.54. The number of carboxylic acid groups (broad SMARTS) is 1. The zero-order chi connectivity index (χ0) is 15.1. The topological polar surface area (TPSA) is 102 Å². The highest BCUT2D eigenvalue weighted by atomic mass is 16.5. The number of amides is 1. The van der Waals surface area contributed by atoms with Gasteiger partial charge in [0.2, 0.25) is 5.91 Å². The van der Waals surface area contributed by atoms with Gasteiger partial charge < -0.3 is 20.9 Å². The van der Waals surface area contributed by atoms with Crippen LogP contribution in [0.5, 0.6) is 5.75 Å². The number of hydrogen-bond acceptors (Lipinski definition) is 4. The van der Waals surface area contributed by atoms with Crippen molar-refractivity contribution in [3.05, 3.63) is 23.8 Å². The summed E-state index contributed by atoms with van der Waals surface area (Å²) >= 11 is 0. The van der Waals surface area contributed by atoms with Crippen molar-refractivity contribution in [2.24, 2.45) is 11.7 Å². The van der Waals surface area contributed by atoms with E-state index in [-0.39, 0.29) is 23.1 Å². The van der Waals surface area contributed by atoms with Crippen LogP contribution in [0.3, 0.4) is 0 Å². The lowest BCUT2D eigenvalue weighted by Crippen LogP contribution is -2.22. The van der Waals surface area contributed by atoms with Crippen molar-refractivity contribution in [1.82, 2.24) is 0 Å². The number of aromatic carboxylic acids is 1. The van der Waals surface area contributed by atoms with Crippen molar-refractivity contribution in [1.29, 1.82) is 0 Å². The summed E-state index contributed by atoms with van der Waals surface area (Å²) in [6, 6.07) is 4.50. The van der Waals surface area contributed by atoms with Gasteiger partial charge >= 0.3 is 5.97 Å². The molecular formula is C14H20N2O4. The fourth-order valence-corrected chi connectivity index (χ4v) is 1.75. The number of carboxylic acids is 1. The highest BCUT2D eigenvalue weighted by Crippen LogP contribution is 2.23. The smallest absolute Gasteiger partial charge is 0.337 e. The summed E-state index contributed by atoms with van der Waals surface area (Å²) in [6.45, 7) is 2.31. The number of hydrogen-bond donors (Lipinski definition) is 3. The first-order valence-electron chi connectivity index (χ1n) is 6.41. The lowest BCUT2D eigenvalue weighted by atomic mass is 10.0. The minimum atomic E-state index is -1.12. The molecule has 1 amide bonds. The summed E-state index contributed by atoms with van der Waals surface area (Å²) in [7, 11) is 1.45. The summed E-state index contributed by atoms with van der Waals surface area (Å²) in [5, 5.41) is 11.8. The molecule has 0 saturated carbocycles. The van der Waals surface area contributed by atoms with Gasteiger partial charge in [0.25, 0.3) is 0 Å². The fourth-order valence-electron chi connectivity index (χ4n) is 1.75. The predicted molar refractivity (Wildman–Crippen MR) is 76.0 cm³/mol.